The number of hydrogen-bond donors (Lipinski definition) is 2. The zero-order valence-electron chi connectivity index (χ0n) is 13.1. The molecular weight excluding hydrogens is 322 g/mol. The zero-order valence-corrected chi connectivity index (χ0v) is 13.9. The van der Waals surface area contributed by atoms with Crippen LogP contribution in [0.1, 0.15) is 18.9 Å². The lowest BCUT2D eigenvalue weighted by Crippen LogP contribution is -2.30. The summed E-state index contributed by atoms with van der Waals surface area (Å²) in [5, 5.41) is 10.2. The molecule has 0 aromatic heterocycles. The van der Waals surface area contributed by atoms with Crippen LogP contribution in [-0.4, -0.2) is 41.6 Å². The highest BCUT2D eigenvalue weighted by Gasteiger charge is 2.23. The molecule has 0 heterocycles. The predicted molar refractivity (Wildman–Crippen MR) is 85.7 cm³/mol. The summed E-state index contributed by atoms with van der Waals surface area (Å²) in [6, 6.07) is 5.20. The smallest absolute Gasteiger partial charge is 0.317 e. The highest BCUT2D eigenvalue weighted by molar-refractivity contribution is 8.14. The van der Waals surface area contributed by atoms with Gasteiger partial charge in [-0.3, -0.25) is 14.4 Å². The highest BCUT2D eigenvalue weighted by atomic mass is 32.2. The molecule has 0 bridgehead atoms. The van der Waals surface area contributed by atoms with Gasteiger partial charge in [0.1, 0.15) is 5.25 Å². The molecule has 0 fully saturated rings. The van der Waals surface area contributed by atoms with E-state index in [4.69, 9.17) is 14.6 Å². The first-order chi connectivity index (χ1) is 10.9. The Morgan fingerprint density at radius 1 is 1.22 bits per heavy atom. The molecule has 23 heavy (non-hydrogen) atoms. The summed E-state index contributed by atoms with van der Waals surface area (Å²) in [5.74, 6) is -0.520. The summed E-state index contributed by atoms with van der Waals surface area (Å²) in [5.41, 5.74) is 0.780. The van der Waals surface area contributed by atoms with Gasteiger partial charge in [-0.2, -0.15) is 0 Å². The van der Waals surface area contributed by atoms with Crippen LogP contribution in [0.3, 0.4) is 0 Å². The largest absolute Gasteiger partial charge is 0.493 e. The Kier molecular flexibility index (Phi) is 7.40. The monoisotopic (exact) mass is 341 g/mol. The molecule has 2 N–H and O–H groups in total. The van der Waals surface area contributed by atoms with Gasteiger partial charge in [0, 0.05) is 19.9 Å². The lowest BCUT2D eigenvalue weighted by Gasteiger charge is -2.12. The summed E-state index contributed by atoms with van der Waals surface area (Å²) in [6.07, 6.45) is -0.271. The van der Waals surface area contributed by atoms with Crippen molar-refractivity contribution in [1.82, 2.24) is 5.32 Å². The van der Waals surface area contributed by atoms with Crippen LogP contribution >= 0.6 is 11.8 Å². The van der Waals surface area contributed by atoms with Crippen molar-refractivity contribution in [1.29, 1.82) is 0 Å². The third-order valence-electron chi connectivity index (χ3n) is 2.89. The molecule has 1 amide bonds. The Hall–Kier alpha value is -2.22. The van der Waals surface area contributed by atoms with Gasteiger partial charge in [0.05, 0.1) is 14.2 Å². The summed E-state index contributed by atoms with van der Waals surface area (Å²) < 4.78 is 10.3. The number of benzene rings is 1. The number of aliphatic carboxylic acids is 1. The van der Waals surface area contributed by atoms with Crippen molar-refractivity contribution >= 4 is 28.8 Å². The van der Waals surface area contributed by atoms with E-state index >= 15 is 0 Å². The molecule has 8 heteroatoms. The average molecular weight is 341 g/mol. The SMILES string of the molecule is COc1ccc(CNC(=O)C[C@H](SC(C)=O)C(=O)O)cc1OC. The molecule has 1 aromatic rings. The third kappa shape index (κ3) is 6.19. The Labute approximate surface area is 138 Å². The first-order valence-corrected chi connectivity index (χ1v) is 7.63. The number of amides is 1. The van der Waals surface area contributed by atoms with E-state index in [0.29, 0.717) is 23.3 Å². The highest BCUT2D eigenvalue weighted by Crippen LogP contribution is 2.27. The van der Waals surface area contributed by atoms with E-state index in [1.165, 1.54) is 21.1 Å². The van der Waals surface area contributed by atoms with Crippen LogP contribution in [0.15, 0.2) is 18.2 Å². The second-order valence-electron chi connectivity index (χ2n) is 4.61. The molecule has 0 saturated carbocycles. The Morgan fingerprint density at radius 3 is 2.39 bits per heavy atom. The van der Waals surface area contributed by atoms with Crippen LogP contribution in [0.2, 0.25) is 0 Å². The van der Waals surface area contributed by atoms with Crippen LogP contribution < -0.4 is 14.8 Å². The van der Waals surface area contributed by atoms with Crippen molar-refractivity contribution in [2.45, 2.75) is 25.1 Å². The van der Waals surface area contributed by atoms with Crippen LogP contribution in [0.4, 0.5) is 0 Å². The second kappa shape index (κ2) is 9.04. The summed E-state index contributed by atoms with van der Waals surface area (Å²) in [6.45, 7) is 1.48. The maximum Gasteiger partial charge on any atom is 0.317 e. The fraction of sp³-hybridized carbons (Fsp3) is 0.400. The molecule has 0 saturated heterocycles. The molecule has 0 spiro atoms. The number of hydrogen-bond acceptors (Lipinski definition) is 6. The number of carboxylic acids is 1. The first kappa shape index (κ1) is 18.8. The summed E-state index contributed by atoms with van der Waals surface area (Å²) in [4.78, 5) is 33.8. The quantitative estimate of drug-likeness (QED) is 0.737. The molecule has 0 aliphatic heterocycles. The van der Waals surface area contributed by atoms with Gasteiger partial charge in [-0.15, -0.1) is 0 Å². The molecule has 1 aromatic carbocycles. The minimum Gasteiger partial charge on any atom is -0.493 e. The fourth-order valence-electron chi connectivity index (χ4n) is 1.81. The van der Waals surface area contributed by atoms with Crippen molar-refractivity contribution in [2.24, 2.45) is 0 Å². The number of rotatable bonds is 8. The van der Waals surface area contributed by atoms with Gasteiger partial charge in [-0.1, -0.05) is 17.8 Å². The Balaban J connectivity index is 2.61. The van der Waals surface area contributed by atoms with Crippen LogP contribution in [0.5, 0.6) is 11.5 Å². The molecule has 7 nitrogen and oxygen atoms in total. The molecule has 1 atom stereocenters. The van der Waals surface area contributed by atoms with Gasteiger partial charge in [0.25, 0.3) is 0 Å². The maximum absolute atomic E-state index is 11.8. The molecule has 0 aliphatic rings. The van der Waals surface area contributed by atoms with Crippen molar-refractivity contribution in [2.75, 3.05) is 14.2 Å². The van der Waals surface area contributed by atoms with Gasteiger partial charge >= 0.3 is 5.97 Å². The molecule has 0 radical (unpaired) electrons. The van der Waals surface area contributed by atoms with E-state index in [9.17, 15) is 14.4 Å². The second-order valence-corrected chi connectivity index (χ2v) is 5.99. The van der Waals surface area contributed by atoms with Crippen LogP contribution in [-0.2, 0) is 20.9 Å². The van der Waals surface area contributed by atoms with Gasteiger partial charge in [-0.25, -0.2) is 0 Å². The fourth-order valence-corrected chi connectivity index (χ4v) is 2.55. The molecule has 1 rings (SSSR count). The third-order valence-corrected chi connectivity index (χ3v) is 3.88. The maximum atomic E-state index is 11.8. The Morgan fingerprint density at radius 2 is 1.87 bits per heavy atom. The van der Waals surface area contributed by atoms with Crippen molar-refractivity contribution in [3.8, 4) is 11.5 Å². The zero-order chi connectivity index (χ0) is 17.4. The summed E-state index contributed by atoms with van der Waals surface area (Å²) >= 11 is 0.633. The Bertz CT molecular complexity index is 589. The molecule has 0 unspecified atom stereocenters. The van der Waals surface area contributed by atoms with E-state index in [-0.39, 0.29) is 18.1 Å². The van der Waals surface area contributed by atoms with Crippen LogP contribution in [0.25, 0.3) is 0 Å². The molecule has 126 valence electrons. The van der Waals surface area contributed by atoms with Crippen molar-refractivity contribution < 1.29 is 29.0 Å². The first-order valence-electron chi connectivity index (χ1n) is 6.75. The molecular formula is C15H19NO6S. The van der Waals surface area contributed by atoms with E-state index in [1.807, 2.05) is 0 Å². The number of carbonyl (C=O) groups is 3. The van der Waals surface area contributed by atoms with E-state index in [0.717, 1.165) is 5.56 Å². The van der Waals surface area contributed by atoms with E-state index in [2.05, 4.69) is 5.32 Å². The average Bonchev–Trinajstić information content (AvgIpc) is 2.51. The van der Waals surface area contributed by atoms with Gasteiger partial charge in [0.2, 0.25) is 5.91 Å². The number of methoxy groups -OCH3 is 2. The lowest BCUT2D eigenvalue weighted by molar-refractivity contribution is -0.138. The number of carbonyl (C=O) groups excluding carboxylic acids is 2. The predicted octanol–water partition coefficient (Wildman–Crippen LogP) is 1.44. The van der Waals surface area contributed by atoms with Gasteiger partial charge in [-0.05, 0) is 17.7 Å². The van der Waals surface area contributed by atoms with E-state index in [1.54, 1.807) is 18.2 Å². The topological polar surface area (TPSA) is 102 Å². The number of carboxylic acid groups (broad SMARTS) is 1. The van der Waals surface area contributed by atoms with Crippen molar-refractivity contribution in [3.63, 3.8) is 0 Å². The number of ether oxygens (including phenoxy) is 2. The lowest BCUT2D eigenvalue weighted by atomic mass is 10.2. The van der Waals surface area contributed by atoms with Gasteiger partial charge < -0.3 is 19.9 Å². The van der Waals surface area contributed by atoms with Gasteiger partial charge in [0.15, 0.2) is 16.6 Å². The normalized spacial score (nSPS) is 11.4. The summed E-state index contributed by atoms with van der Waals surface area (Å²) in [7, 11) is 3.04. The number of thioether (sulfide) groups is 1. The molecule has 0 aliphatic carbocycles. The standard InChI is InChI=1S/C15H19NO6S/c1-9(17)23-13(15(19)20)7-14(18)16-8-10-4-5-11(21-2)12(6-10)22-3/h4-6,13H,7-8H2,1-3H3,(H,16,18)(H,19,20)/t13-/m0/s1. The minimum absolute atomic E-state index is 0.219. The minimum atomic E-state index is -1.19. The number of nitrogens with one attached hydrogen (secondary N) is 1. The van der Waals surface area contributed by atoms with Crippen molar-refractivity contribution in [3.05, 3.63) is 23.8 Å². The van der Waals surface area contributed by atoms with Crippen LogP contribution in [0, 0.1) is 0 Å². The van der Waals surface area contributed by atoms with E-state index < -0.39 is 17.1 Å².